The monoisotopic (exact) mass is 415 g/mol. The van der Waals surface area contributed by atoms with Crippen molar-refractivity contribution < 1.29 is 18.0 Å². The Hall–Kier alpha value is -2.10. The first-order valence-corrected chi connectivity index (χ1v) is 9.04. The number of halogens is 4. The van der Waals surface area contributed by atoms with Crippen molar-refractivity contribution in [2.75, 3.05) is 5.32 Å². The molecule has 1 amide bonds. The molecule has 3 rings (SSSR count). The minimum atomic E-state index is -4.43. The van der Waals surface area contributed by atoms with Crippen LogP contribution in [0.4, 0.5) is 18.9 Å². The number of benzene rings is 2. The number of aromatic nitrogens is 2. The fourth-order valence-electron chi connectivity index (χ4n) is 1.93. The van der Waals surface area contributed by atoms with Gasteiger partial charge in [-0.3, -0.25) is 4.79 Å². The predicted molar refractivity (Wildman–Crippen MR) is 94.9 cm³/mol. The standard InChI is InChI=1S/C16H9ClF3N3OS2/c17-10-3-7-12(8-4-10)25-15-13(22-23-26-15)14(24)21-11-5-1-9(2-6-11)16(18,19)20/h1-8H,(H,21,24). The molecule has 0 saturated carbocycles. The molecule has 0 aliphatic heterocycles. The molecule has 0 unspecified atom stereocenters. The molecule has 2 aromatic carbocycles. The number of nitrogens with one attached hydrogen (secondary N) is 1. The summed E-state index contributed by atoms with van der Waals surface area (Å²) < 4.78 is 42.1. The molecular formula is C16H9ClF3N3OS2. The molecule has 0 saturated heterocycles. The Balaban J connectivity index is 1.73. The van der Waals surface area contributed by atoms with E-state index in [1.807, 2.05) is 0 Å². The van der Waals surface area contributed by atoms with Gasteiger partial charge in [-0.25, -0.2) is 0 Å². The average Bonchev–Trinajstić information content (AvgIpc) is 3.05. The Kier molecular flexibility index (Phi) is 5.49. The van der Waals surface area contributed by atoms with Crippen LogP contribution in [0.15, 0.2) is 57.6 Å². The highest BCUT2D eigenvalue weighted by Crippen LogP contribution is 2.33. The molecule has 0 atom stereocenters. The van der Waals surface area contributed by atoms with Crippen LogP contribution in [0, 0.1) is 0 Å². The van der Waals surface area contributed by atoms with Gasteiger partial charge in [0.2, 0.25) is 0 Å². The molecule has 0 bridgehead atoms. The molecule has 4 nitrogen and oxygen atoms in total. The maximum atomic E-state index is 12.6. The van der Waals surface area contributed by atoms with Crippen molar-refractivity contribution in [2.45, 2.75) is 15.3 Å². The number of rotatable bonds is 4. The molecule has 3 aromatic rings. The number of carbonyl (C=O) groups is 1. The molecule has 1 heterocycles. The summed E-state index contributed by atoms with van der Waals surface area (Å²) in [6.45, 7) is 0. The summed E-state index contributed by atoms with van der Waals surface area (Å²) in [4.78, 5) is 13.2. The minimum Gasteiger partial charge on any atom is -0.321 e. The Labute approximate surface area is 159 Å². The summed E-state index contributed by atoms with van der Waals surface area (Å²) in [7, 11) is 0. The highest BCUT2D eigenvalue weighted by Gasteiger charge is 2.30. The molecule has 26 heavy (non-hydrogen) atoms. The van der Waals surface area contributed by atoms with Crippen LogP contribution in [0.5, 0.6) is 0 Å². The van der Waals surface area contributed by atoms with E-state index in [9.17, 15) is 18.0 Å². The third-order valence-corrected chi connectivity index (χ3v) is 5.30. The third kappa shape index (κ3) is 4.54. The summed E-state index contributed by atoms with van der Waals surface area (Å²) in [5.74, 6) is -0.546. The number of anilines is 1. The quantitative estimate of drug-likeness (QED) is 0.601. The zero-order valence-electron chi connectivity index (χ0n) is 12.7. The molecule has 0 fully saturated rings. The maximum absolute atomic E-state index is 12.6. The van der Waals surface area contributed by atoms with Crippen LogP contribution in [0.1, 0.15) is 16.1 Å². The van der Waals surface area contributed by atoms with Gasteiger partial charge in [0.1, 0.15) is 4.21 Å². The zero-order valence-corrected chi connectivity index (χ0v) is 15.1. The number of carbonyl (C=O) groups excluding carboxylic acids is 1. The van der Waals surface area contributed by atoms with Gasteiger partial charge >= 0.3 is 6.18 Å². The SMILES string of the molecule is O=C(Nc1ccc(C(F)(F)F)cc1)c1nnsc1Sc1ccc(Cl)cc1. The smallest absolute Gasteiger partial charge is 0.321 e. The number of nitrogens with zero attached hydrogens (tertiary/aromatic N) is 2. The van der Waals surface area contributed by atoms with Crippen LogP contribution in [0.25, 0.3) is 0 Å². The molecule has 1 aromatic heterocycles. The Bertz CT molecular complexity index is 912. The van der Waals surface area contributed by atoms with Gasteiger partial charge in [-0.15, -0.1) is 5.10 Å². The number of amides is 1. The van der Waals surface area contributed by atoms with Crippen molar-refractivity contribution in [1.29, 1.82) is 0 Å². The predicted octanol–water partition coefficient (Wildman–Crippen LogP) is 5.61. The van der Waals surface area contributed by atoms with E-state index in [0.29, 0.717) is 9.23 Å². The van der Waals surface area contributed by atoms with Gasteiger partial charge in [-0.1, -0.05) is 27.9 Å². The second-order valence-electron chi connectivity index (χ2n) is 4.99. The fourth-order valence-corrected chi connectivity index (χ4v) is 3.73. The van der Waals surface area contributed by atoms with Crippen molar-refractivity contribution in [3.8, 4) is 0 Å². The first kappa shape index (κ1) is 18.7. The number of hydrogen-bond donors (Lipinski definition) is 1. The summed E-state index contributed by atoms with van der Waals surface area (Å²) in [6.07, 6.45) is -4.43. The molecular weight excluding hydrogens is 407 g/mol. The third-order valence-electron chi connectivity index (χ3n) is 3.17. The van der Waals surface area contributed by atoms with Gasteiger partial charge in [-0.05, 0) is 60.1 Å². The Morgan fingerprint density at radius 2 is 1.73 bits per heavy atom. The molecule has 1 N–H and O–H groups in total. The largest absolute Gasteiger partial charge is 0.416 e. The Morgan fingerprint density at radius 1 is 1.08 bits per heavy atom. The lowest BCUT2D eigenvalue weighted by atomic mass is 10.2. The van der Waals surface area contributed by atoms with E-state index in [1.165, 1.54) is 23.9 Å². The molecule has 0 aliphatic carbocycles. The van der Waals surface area contributed by atoms with Gasteiger partial charge in [-0.2, -0.15) is 13.2 Å². The van der Waals surface area contributed by atoms with Crippen molar-refractivity contribution in [1.82, 2.24) is 9.59 Å². The van der Waals surface area contributed by atoms with Gasteiger partial charge < -0.3 is 5.32 Å². The summed E-state index contributed by atoms with van der Waals surface area (Å²) >= 11 is 8.19. The highest BCUT2D eigenvalue weighted by molar-refractivity contribution is 8.01. The first-order valence-electron chi connectivity index (χ1n) is 7.07. The summed E-state index contributed by atoms with van der Waals surface area (Å²) in [5, 5.41) is 6.93. The van der Waals surface area contributed by atoms with Crippen LogP contribution in [-0.4, -0.2) is 15.5 Å². The van der Waals surface area contributed by atoms with Crippen molar-refractivity contribution in [3.63, 3.8) is 0 Å². The second-order valence-corrected chi connectivity index (χ2v) is 7.53. The average molecular weight is 416 g/mol. The normalized spacial score (nSPS) is 11.4. The van der Waals surface area contributed by atoms with Gasteiger partial charge in [0, 0.05) is 15.6 Å². The molecule has 0 spiro atoms. The van der Waals surface area contributed by atoms with Crippen LogP contribution >= 0.6 is 34.9 Å². The van der Waals surface area contributed by atoms with E-state index in [2.05, 4.69) is 14.9 Å². The highest BCUT2D eigenvalue weighted by atomic mass is 35.5. The van der Waals surface area contributed by atoms with Gasteiger partial charge in [0.05, 0.1) is 5.56 Å². The van der Waals surface area contributed by atoms with E-state index in [-0.39, 0.29) is 11.4 Å². The van der Waals surface area contributed by atoms with Crippen LogP contribution in [0.3, 0.4) is 0 Å². The number of hydrogen-bond acceptors (Lipinski definition) is 5. The van der Waals surface area contributed by atoms with E-state index in [0.717, 1.165) is 28.6 Å². The maximum Gasteiger partial charge on any atom is 0.416 e. The lowest BCUT2D eigenvalue weighted by molar-refractivity contribution is -0.137. The van der Waals surface area contributed by atoms with E-state index < -0.39 is 17.6 Å². The van der Waals surface area contributed by atoms with Crippen molar-refractivity contribution in [2.24, 2.45) is 0 Å². The second kappa shape index (κ2) is 7.65. The zero-order chi connectivity index (χ0) is 18.7. The topological polar surface area (TPSA) is 54.9 Å². The van der Waals surface area contributed by atoms with E-state index in [4.69, 9.17) is 11.6 Å². The van der Waals surface area contributed by atoms with Crippen LogP contribution < -0.4 is 5.32 Å². The summed E-state index contributed by atoms with van der Waals surface area (Å²) in [6, 6.07) is 11.2. The van der Waals surface area contributed by atoms with Gasteiger partial charge in [0.25, 0.3) is 5.91 Å². The van der Waals surface area contributed by atoms with Crippen LogP contribution in [0.2, 0.25) is 5.02 Å². The Morgan fingerprint density at radius 3 is 2.35 bits per heavy atom. The molecule has 10 heteroatoms. The molecule has 134 valence electrons. The first-order chi connectivity index (χ1) is 12.3. The van der Waals surface area contributed by atoms with Crippen LogP contribution in [-0.2, 0) is 6.18 Å². The number of alkyl halides is 3. The molecule has 0 aliphatic rings. The molecule has 0 radical (unpaired) electrons. The lowest BCUT2D eigenvalue weighted by Gasteiger charge is -2.08. The van der Waals surface area contributed by atoms with E-state index in [1.54, 1.807) is 24.3 Å². The minimum absolute atomic E-state index is 0.106. The van der Waals surface area contributed by atoms with E-state index >= 15 is 0 Å². The van der Waals surface area contributed by atoms with Crippen molar-refractivity contribution >= 4 is 46.5 Å². The fraction of sp³-hybridized carbons (Fsp3) is 0.0625. The lowest BCUT2D eigenvalue weighted by Crippen LogP contribution is -2.13. The van der Waals surface area contributed by atoms with Crippen molar-refractivity contribution in [3.05, 3.63) is 64.8 Å². The van der Waals surface area contributed by atoms with Gasteiger partial charge in [0.15, 0.2) is 5.69 Å². The summed E-state index contributed by atoms with van der Waals surface area (Å²) in [5.41, 5.74) is -0.446.